The molecule has 7 nitrogen and oxygen atoms in total. The highest BCUT2D eigenvalue weighted by atomic mass is 16.4. The molecule has 1 saturated carbocycles. The number of nitrogens with zero attached hydrogens (tertiary/aromatic N) is 5. The minimum atomic E-state index is 0.193. The van der Waals surface area contributed by atoms with Crippen LogP contribution >= 0.6 is 0 Å². The third kappa shape index (κ3) is 3.32. The predicted molar refractivity (Wildman–Crippen MR) is 88.3 cm³/mol. The van der Waals surface area contributed by atoms with E-state index in [4.69, 9.17) is 4.42 Å². The van der Waals surface area contributed by atoms with Gasteiger partial charge in [0.2, 0.25) is 17.7 Å². The molecule has 0 bridgehead atoms. The Morgan fingerprint density at radius 3 is 2.58 bits per heavy atom. The van der Waals surface area contributed by atoms with Gasteiger partial charge in [-0.05, 0) is 18.8 Å². The monoisotopic (exact) mass is 333 g/mol. The van der Waals surface area contributed by atoms with Crippen molar-refractivity contribution in [2.24, 2.45) is 5.92 Å². The Morgan fingerprint density at radius 2 is 1.92 bits per heavy atom. The second kappa shape index (κ2) is 6.44. The van der Waals surface area contributed by atoms with Crippen molar-refractivity contribution >= 4 is 5.91 Å². The summed E-state index contributed by atoms with van der Waals surface area (Å²) in [5.41, 5.74) is 0. The Balaban J connectivity index is 1.31. The van der Waals surface area contributed by atoms with Crippen molar-refractivity contribution in [1.29, 1.82) is 0 Å². The average molecular weight is 333 g/mol. The Bertz CT molecular complexity index is 592. The van der Waals surface area contributed by atoms with Crippen molar-refractivity contribution in [3.63, 3.8) is 0 Å². The van der Waals surface area contributed by atoms with Gasteiger partial charge in [0.1, 0.15) is 0 Å². The number of piperazine rings is 1. The second-order valence-electron chi connectivity index (χ2n) is 7.59. The number of hydrogen-bond acceptors (Lipinski definition) is 6. The Labute approximate surface area is 143 Å². The summed E-state index contributed by atoms with van der Waals surface area (Å²) in [5.74, 6) is 2.92. The van der Waals surface area contributed by atoms with Crippen molar-refractivity contribution in [3.8, 4) is 0 Å². The van der Waals surface area contributed by atoms with Gasteiger partial charge >= 0.3 is 0 Å². The van der Waals surface area contributed by atoms with Crippen LogP contribution in [0, 0.1) is 5.92 Å². The van der Waals surface area contributed by atoms with E-state index < -0.39 is 0 Å². The molecule has 1 amide bonds. The van der Waals surface area contributed by atoms with Gasteiger partial charge in [0.05, 0.1) is 6.54 Å². The first-order chi connectivity index (χ1) is 11.6. The maximum absolute atomic E-state index is 11.5. The molecule has 0 radical (unpaired) electrons. The van der Waals surface area contributed by atoms with Crippen LogP contribution in [0.3, 0.4) is 0 Å². The van der Waals surface area contributed by atoms with Crippen molar-refractivity contribution in [2.45, 2.75) is 45.2 Å². The third-order valence-electron chi connectivity index (χ3n) is 5.64. The minimum Gasteiger partial charge on any atom is -0.424 e. The molecule has 1 aromatic rings. The fourth-order valence-electron chi connectivity index (χ4n) is 4.04. The zero-order chi connectivity index (χ0) is 16.7. The van der Waals surface area contributed by atoms with Crippen LogP contribution in [-0.4, -0.2) is 76.1 Å². The summed E-state index contributed by atoms with van der Waals surface area (Å²) in [5, 5.41) is 8.40. The molecule has 3 aliphatic rings. The van der Waals surface area contributed by atoms with E-state index in [9.17, 15) is 4.79 Å². The van der Waals surface area contributed by atoms with E-state index in [2.05, 4.69) is 26.9 Å². The number of carbonyl (C=O) groups is 1. The number of rotatable bonds is 4. The van der Waals surface area contributed by atoms with E-state index in [1.54, 1.807) is 6.92 Å². The SMILES string of the molecule is CC(=O)N1CCN([C@H]2CN(Cc3nnc(C4CC4)o3)C[C@H]2C)CC1. The molecule has 0 spiro atoms. The molecule has 24 heavy (non-hydrogen) atoms. The highest BCUT2D eigenvalue weighted by molar-refractivity contribution is 5.73. The molecule has 3 heterocycles. The van der Waals surface area contributed by atoms with Crippen LogP contribution in [0.1, 0.15) is 44.4 Å². The quantitative estimate of drug-likeness (QED) is 0.817. The Kier molecular flexibility index (Phi) is 4.30. The molecule has 1 aromatic heterocycles. The lowest BCUT2D eigenvalue weighted by atomic mass is 10.0. The second-order valence-corrected chi connectivity index (χ2v) is 7.59. The molecular weight excluding hydrogens is 306 g/mol. The lowest BCUT2D eigenvalue weighted by Gasteiger charge is -2.39. The molecule has 2 aliphatic heterocycles. The van der Waals surface area contributed by atoms with Gasteiger partial charge in [-0.1, -0.05) is 6.92 Å². The minimum absolute atomic E-state index is 0.193. The summed E-state index contributed by atoms with van der Waals surface area (Å²) in [7, 11) is 0. The highest BCUT2D eigenvalue weighted by Crippen LogP contribution is 2.39. The summed E-state index contributed by atoms with van der Waals surface area (Å²) in [6.45, 7) is 10.5. The number of aromatic nitrogens is 2. The topological polar surface area (TPSA) is 65.7 Å². The van der Waals surface area contributed by atoms with Crippen molar-refractivity contribution in [3.05, 3.63) is 11.8 Å². The van der Waals surface area contributed by atoms with E-state index >= 15 is 0 Å². The summed E-state index contributed by atoms with van der Waals surface area (Å²) in [6, 6.07) is 0.560. The van der Waals surface area contributed by atoms with Crippen molar-refractivity contribution < 1.29 is 9.21 Å². The number of amides is 1. The van der Waals surface area contributed by atoms with Gasteiger partial charge in [-0.25, -0.2) is 0 Å². The van der Waals surface area contributed by atoms with Gasteiger partial charge in [-0.2, -0.15) is 0 Å². The fourth-order valence-corrected chi connectivity index (χ4v) is 4.04. The number of carbonyl (C=O) groups excluding carboxylic acids is 1. The molecule has 4 rings (SSSR count). The van der Waals surface area contributed by atoms with Crippen LogP contribution < -0.4 is 0 Å². The Hall–Kier alpha value is -1.47. The normalized spacial score (nSPS) is 29.3. The van der Waals surface area contributed by atoms with E-state index in [0.29, 0.717) is 17.9 Å². The van der Waals surface area contributed by atoms with Crippen LogP contribution in [0.5, 0.6) is 0 Å². The maximum Gasteiger partial charge on any atom is 0.230 e. The third-order valence-corrected chi connectivity index (χ3v) is 5.64. The molecule has 0 aromatic carbocycles. The van der Waals surface area contributed by atoms with E-state index in [0.717, 1.165) is 57.6 Å². The van der Waals surface area contributed by atoms with Gasteiger partial charge in [-0.3, -0.25) is 14.6 Å². The lowest BCUT2D eigenvalue weighted by molar-refractivity contribution is -0.130. The standard InChI is InChI=1S/C17H27N5O2/c1-12-9-20(11-16-18-19-17(24-16)14-3-4-14)10-15(12)22-7-5-21(6-8-22)13(2)23/h12,14-15H,3-11H2,1-2H3/t12-,15+/m1/s1. The molecule has 3 fully saturated rings. The first-order valence-corrected chi connectivity index (χ1v) is 9.14. The van der Waals surface area contributed by atoms with E-state index in [1.807, 2.05) is 4.90 Å². The summed E-state index contributed by atoms with van der Waals surface area (Å²) in [6.07, 6.45) is 2.38. The molecular formula is C17H27N5O2. The predicted octanol–water partition coefficient (Wildman–Crippen LogP) is 0.931. The van der Waals surface area contributed by atoms with Gasteiger partial charge < -0.3 is 9.32 Å². The van der Waals surface area contributed by atoms with Crippen LogP contribution in [0.4, 0.5) is 0 Å². The summed E-state index contributed by atoms with van der Waals surface area (Å²) >= 11 is 0. The largest absolute Gasteiger partial charge is 0.424 e. The molecule has 2 atom stereocenters. The van der Waals surface area contributed by atoms with E-state index in [-0.39, 0.29) is 5.91 Å². The zero-order valence-electron chi connectivity index (χ0n) is 14.6. The zero-order valence-corrected chi connectivity index (χ0v) is 14.6. The summed E-state index contributed by atoms with van der Waals surface area (Å²) in [4.78, 5) is 18.4. The van der Waals surface area contributed by atoms with Gasteiger partial charge in [0.15, 0.2) is 0 Å². The van der Waals surface area contributed by atoms with Crippen molar-refractivity contribution in [2.75, 3.05) is 39.3 Å². The molecule has 0 N–H and O–H groups in total. The Morgan fingerprint density at radius 1 is 1.17 bits per heavy atom. The molecule has 2 saturated heterocycles. The number of hydrogen-bond donors (Lipinski definition) is 0. The smallest absolute Gasteiger partial charge is 0.230 e. The highest BCUT2D eigenvalue weighted by Gasteiger charge is 2.36. The molecule has 1 aliphatic carbocycles. The van der Waals surface area contributed by atoms with Gasteiger partial charge in [0, 0.05) is 58.2 Å². The number of likely N-dealkylation sites (tertiary alicyclic amines) is 1. The first-order valence-electron chi connectivity index (χ1n) is 9.14. The van der Waals surface area contributed by atoms with Crippen LogP contribution in [0.15, 0.2) is 4.42 Å². The van der Waals surface area contributed by atoms with Crippen LogP contribution in [0.2, 0.25) is 0 Å². The van der Waals surface area contributed by atoms with Gasteiger partial charge in [-0.15, -0.1) is 10.2 Å². The van der Waals surface area contributed by atoms with Gasteiger partial charge in [0.25, 0.3) is 0 Å². The van der Waals surface area contributed by atoms with Crippen LogP contribution in [-0.2, 0) is 11.3 Å². The first kappa shape index (κ1) is 16.0. The molecule has 7 heteroatoms. The van der Waals surface area contributed by atoms with Crippen molar-refractivity contribution in [1.82, 2.24) is 24.9 Å². The maximum atomic E-state index is 11.5. The average Bonchev–Trinajstić information content (AvgIpc) is 3.21. The molecule has 132 valence electrons. The molecule has 0 unspecified atom stereocenters. The van der Waals surface area contributed by atoms with E-state index in [1.165, 1.54) is 12.8 Å². The fraction of sp³-hybridized carbons (Fsp3) is 0.824. The lowest BCUT2D eigenvalue weighted by Crippen LogP contribution is -2.53. The van der Waals surface area contributed by atoms with Crippen LogP contribution in [0.25, 0.3) is 0 Å². The summed E-state index contributed by atoms with van der Waals surface area (Å²) < 4.78 is 5.80.